The van der Waals surface area contributed by atoms with Crippen LogP contribution in [0.1, 0.15) is 50.5 Å². The molecule has 0 spiro atoms. The number of amides is 1. The smallest absolute Gasteiger partial charge is 0.231 e. The Labute approximate surface area is 145 Å². The molecule has 0 aromatic heterocycles. The highest BCUT2D eigenvalue weighted by molar-refractivity contribution is 5.88. The average molecular weight is 324 g/mol. The molecule has 1 heterocycles. The van der Waals surface area contributed by atoms with E-state index < -0.39 is 0 Å². The molecule has 0 atom stereocenters. The van der Waals surface area contributed by atoms with Crippen molar-refractivity contribution < 1.29 is 4.79 Å². The van der Waals surface area contributed by atoms with Gasteiger partial charge in [0.1, 0.15) is 0 Å². The minimum atomic E-state index is -0.351. The first-order chi connectivity index (χ1) is 11.8. The summed E-state index contributed by atoms with van der Waals surface area (Å²) in [6.45, 7) is 3.62. The zero-order valence-electron chi connectivity index (χ0n) is 14.5. The Morgan fingerprint density at radius 1 is 1.00 bits per heavy atom. The normalized spacial score (nSPS) is 20.2. The first kappa shape index (κ1) is 17.0. The predicted octanol–water partition coefficient (Wildman–Crippen LogP) is 3.10. The first-order valence-corrected chi connectivity index (χ1v) is 9.33. The van der Waals surface area contributed by atoms with Gasteiger partial charge < -0.3 is 5.32 Å². The fourth-order valence-electron chi connectivity index (χ4n) is 4.02. The average Bonchev–Trinajstić information content (AvgIpc) is 3.16. The van der Waals surface area contributed by atoms with E-state index in [1.165, 1.54) is 19.3 Å². The molecule has 24 heavy (non-hydrogen) atoms. The van der Waals surface area contributed by atoms with Gasteiger partial charge in [0.05, 0.1) is 18.5 Å². The number of hydrogen-bond donors (Lipinski definition) is 1. The predicted molar refractivity (Wildman–Crippen MR) is 97.7 cm³/mol. The second-order valence-corrected chi connectivity index (χ2v) is 7.03. The van der Waals surface area contributed by atoms with Crippen LogP contribution in [0.2, 0.25) is 0 Å². The number of carbonyl (C=O) groups is 1. The van der Waals surface area contributed by atoms with Crippen LogP contribution < -0.4 is 5.32 Å². The molecule has 3 nitrogen and oxygen atoms in total. The maximum atomic E-state index is 13.0. The molecule has 3 heteroatoms. The lowest BCUT2D eigenvalue weighted by Gasteiger charge is -2.36. The molecule has 1 aliphatic carbocycles. The van der Waals surface area contributed by atoms with E-state index in [-0.39, 0.29) is 11.3 Å². The largest absolute Gasteiger partial charge is 0.344 e. The van der Waals surface area contributed by atoms with Gasteiger partial charge in [-0.3, -0.25) is 9.69 Å². The van der Waals surface area contributed by atoms with Crippen LogP contribution in [0.3, 0.4) is 0 Å². The number of nitrogens with zero attached hydrogens (tertiary/aromatic N) is 1. The maximum absolute atomic E-state index is 13.0. The molecule has 0 bridgehead atoms. The second-order valence-electron chi connectivity index (χ2n) is 7.03. The van der Waals surface area contributed by atoms with Gasteiger partial charge in [0.15, 0.2) is 0 Å². The fourth-order valence-corrected chi connectivity index (χ4v) is 4.02. The van der Waals surface area contributed by atoms with Gasteiger partial charge >= 0.3 is 0 Å². The van der Waals surface area contributed by atoms with Gasteiger partial charge in [-0.2, -0.15) is 0 Å². The highest BCUT2D eigenvalue weighted by Crippen LogP contribution is 2.39. The van der Waals surface area contributed by atoms with Gasteiger partial charge in [-0.15, -0.1) is 0 Å². The molecule has 2 fully saturated rings. The fraction of sp³-hybridized carbons (Fsp3) is 0.571. The van der Waals surface area contributed by atoms with E-state index in [1.807, 2.05) is 18.2 Å². The molecule has 1 saturated heterocycles. The van der Waals surface area contributed by atoms with Crippen molar-refractivity contribution >= 4 is 5.91 Å². The molecule has 1 aliphatic heterocycles. The molecular weight excluding hydrogens is 296 g/mol. The van der Waals surface area contributed by atoms with E-state index in [0.29, 0.717) is 6.54 Å². The number of carbonyl (C=O) groups excluding carboxylic acids is 1. The minimum absolute atomic E-state index is 0.156. The Kier molecular flexibility index (Phi) is 5.93. The van der Waals surface area contributed by atoms with E-state index >= 15 is 0 Å². The highest BCUT2D eigenvalue weighted by Gasteiger charge is 2.40. The SMILES string of the molecule is O=C(NCC#CCN1CCCC1)C1(c2ccccc2)CCCCC1. The van der Waals surface area contributed by atoms with Crippen molar-refractivity contribution in [2.45, 2.75) is 50.4 Å². The summed E-state index contributed by atoms with van der Waals surface area (Å²) in [6, 6.07) is 10.3. The topological polar surface area (TPSA) is 32.3 Å². The Bertz CT molecular complexity index is 587. The van der Waals surface area contributed by atoms with Crippen molar-refractivity contribution in [1.29, 1.82) is 0 Å². The number of likely N-dealkylation sites (tertiary alicyclic amines) is 1. The van der Waals surface area contributed by atoms with Gasteiger partial charge in [0.25, 0.3) is 0 Å². The number of hydrogen-bond acceptors (Lipinski definition) is 2. The van der Waals surface area contributed by atoms with Crippen LogP contribution in [0.25, 0.3) is 0 Å². The summed E-state index contributed by atoms with van der Waals surface area (Å²) in [5.74, 6) is 6.48. The summed E-state index contributed by atoms with van der Waals surface area (Å²) < 4.78 is 0. The second kappa shape index (κ2) is 8.35. The van der Waals surface area contributed by atoms with Crippen LogP contribution in [0.5, 0.6) is 0 Å². The number of benzene rings is 1. The van der Waals surface area contributed by atoms with Crippen LogP contribution in [0.15, 0.2) is 30.3 Å². The van der Waals surface area contributed by atoms with Crippen LogP contribution in [0, 0.1) is 11.8 Å². The van der Waals surface area contributed by atoms with Gasteiger partial charge in [-0.05, 0) is 44.3 Å². The molecule has 2 aliphatic rings. The Hall–Kier alpha value is -1.79. The maximum Gasteiger partial charge on any atom is 0.231 e. The van der Waals surface area contributed by atoms with Crippen molar-refractivity contribution in [3.63, 3.8) is 0 Å². The van der Waals surface area contributed by atoms with Gasteiger partial charge in [0.2, 0.25) is 5.91 Å². The highest BCUT2D eigenvalue weighted by atomic mass is 16.2. The quantitative estimate of drug-likeness (QED) is 0.863. The summed E-state index contributed by atoms with van der Waals surface area (Å²) in [5.41, 5.74) is 0.808. The molecule has 3 rings (SSSR count). The van der Waals surface area contributed by atoms with Gasteiger partial charge in [-0.25, -0.2) is 0 Å². The van der Waals surface area contributed by atoms with Crippen LogP contribution in [0.4, 0.5) is 0 Å². The summed E-state index contributed by atoms with van der Waals surface area (Å²) >= 11 is 0. The third-order valence-corrected chi connectivity index (χ3v) is 5.43. The van der Waals surface area contributed by atoms with Crippen LogP contribution in [-0.4, -0.2) is 37.0 Å². The third kappa shape index (κ3) is 3.99. The molecule has 1 saturated carbocycles. The van der Waals surface area contributed by atoms with Crippen molar-refractivity contribution in [1.82, 2.24) is 10.2 Å². The monoisotopic (exact) mass is 324 g/mol. The van der Waals surface area contributed by atoms with E-state index in [1.54, 1.807) is 0 Å². The molecule has 0 unspecified atom stereocenters. The molecular formula is C21H28N2O. The number of nitrogens with one attached hydrogen (secondary N) is 1. The summed E-state index contributed by atoms with van der Waals surface area (Å²) in [4.78, 5) is 15.3. The molecule has 1 amide bonds. The van der Waals surface area contributed by atoms with Crippen molar-refractivity contribution in [3.8, 4) is 11.8 Å². The van der Waals surface area contributed by atoms with Crippen molar-refractivity contribution in [2.75, 3.05) is 26.2 Å². The van der Waals surface area contributed by atoms with E-state index in [9.17, 15) is 4.79 Å². The van der Waals surface area contributed by atoms with E-state index in [0.717, 1.165) is 50.9 Å². The lowest BCUT2D eigenvalue weighted by Crippen LogP contribution is -2.46. The summed E-state index contributed by atoms with van der Waals surface area (Å²) in [5, 5.41) is 3.09. The van der Waals surface area contributed by atoms with Crippen LogP contribution >= 0.6 is 0 Å². The molecule has 1 aromatic carbocycles. The van der Waals surface area contributed by atoms with Gasteiger partial charge in [0, 0.05) is 0 Å². The molecule has 128 valence electrons. The summed E-state index contributed by atoms with van der Waals surface area (Å²) in [6.07, 6.45) is 7.97. The lowest BCUT2D eigenvalue weighted by molar-refractivity contribution is -0.127. The first-order valence-electron chi connectivity index (χ1n) is 9.33. The van der Waals surface area contributed by atoms with Crippen molar-refractivity contribution in [3.05, 3.63) is 35.9 Å². The molecule has 0 radical (unpaired) electrons. The molecule has 1 aromatic rings. The lowest BCUT2D eigenvalue weighted by atomic mass is 9.68. The van der Waals surface area contributed by atoms with E-state index in [2.05, 4.69) is 34.2 Å². The Balaban J connectivity index is 1.59. The number of rotatable bonds is 4. The zero-order chi connectivity index (χ0) is 16.7. The van der Waals surface area contributed by atoms with E-state index in [4.69, 9.17) is 0 Å². The Morgan fingerprint density at radius 3 is 2.42 bits per heavy atom. The third-order valence-electron chi connectivity index (χ3n) is 5.43. The van der Waals surface area contributed by atoms with Crippen molar-refractivity contribution in [2.24, 2.45) is 0 Å². The Morgan fingerprint density at radius 2 is 1.71 bits per heavy atom. The molecule has 1 N–H and O–H groups in total. The summed E-state index contributed by atoms with van der Waals surface area (Å²) in [7, 11) is 0. The standard InChI is InChI=1S/C21H28N2O/c24-20(22-15-7-8-16-23-17-9-10-18-23)21(13-5-2-6-14-21)19-11-3-1-4-12-19/h1,3-4,11-12H,2,5-6,9-10,13-18H2,(H,22,24). The van der Waals surface area contributed by atoms with Gasteiger partial charge in [-0.1, -0.05) is 61.4 Å². The minimum Gasteiger partial charge on any atom is -0.344 e. The van der Waals surface area contributed by atoms with Crippen LogP contribution in [-0.2, 0) is 10.2 Å². The zero-order valence-corrected chi connectivity index (χ0v) is 14.5.